The van der Waals surface area contributed by atoms with Crippen molar-refractivity contribution in [2.24, 2.45) is 0 Å². The molecule has 3 amide bonds. The van der Waals surface area contributed by atoms with E-state index in [0.717, 1.165) is 23.3 Å². The van der Waals surface area contributed by atoms with Gasteiger partial charge in [-0.2, -0.15) is 13.2 Å². The zero-order valence-corrected chi connectivity index (χ0v) is 22.4. The van der Waals surface area contributed by atoms with Crippen LogP contribution >= 0.6 is 0 Å². The van der Waals surface area contributed by atoms with Crippen molar-refractivity contribution in [1.82, 2.24) is 10.6 Å². The van der Waals surface area contributed by atoms with Gasteiger partial charge in [0.25, 0.3) is 5.91 Å². The third-order valence-corrected chi connectivity index (χ3v) is 6.44. The lowest BCUT2D eigenvalue weighted by molar-refractivity contribution is -0.137. The molecule has 0 aromatic heterocycles. The molecule has 6 nitrogen and oxygen atoms in total. The van der Waals surface area contributed by atoms with Gasteiger partial charge in [0.2, 0.25) is 11.8 Å². The van der Waals surface area contributed by atoms with Gasteiger partial charge in [-0.15, -0.1) is 0 Å². The van der Waals surface area contributed by atoms with Crippen LogP contribution in [0.3, 0.4) is 0 Å². The molecule has 0 aliphatic carbocycles. The van der Waals surface area contributed by atoms with Gasteiger partial charge in [0, 0.05) is 24.7 Å². The van der Waals surface area contributed by atoms with Gasteiger partial charge < -0.3 is 16.0 Å². The Bertz CT molecular complexity index is 1550. The van der Waals surface area contributed by atoms with Crippen LogP contribution in [0.15, 0.2) is 97.1 Å². The molecule has 9 heteroatoms. The zero-order valence-electron chi connectivity index (χ0n) is 22.4. The van der Waals surface area contributed by atoms with Gasteiger partial charge in [0.05, 0.1) is 5.56 Å². The summed E-state index contributed by atoms with van der Waals surface area (Å²) in [4.78, 5) is 37.7. The zero-order chi connectivity index (χ0) is 29.6. The van der Waals surface area contributed by atoms with E-state index in [-0.39, 0.29) is 18.4 Å². The van der Waals surface area contributed by atoms with Gasteiger partial charge in [0.1, 0.15) is 6.04 Å². The van der Waals surface area contributed by atoms with Crippen molar-refractivity contribution in [2.45, 2.75) is 32.6 Å². The second kappa shape index (κ2) is 12.5. The molecule has 0 fully saturated rings. The van der Waals surface area contributed by atoms with E-state index in [2.05, 4.69) is 16.0 Å². The van der Waals surface area contributed by atoms with Crippen molar-refractivity contribution >= 4 is 23.4 Å². The van der Waals surface area contributed by atoms with E-state index >= 15 is 0 Å². The van der Waals surface area contributed by atoms with Crippen molar-refractivity contribution in [3.63, 3.8) is 0 Å². The van der Waals surface area contributed by atoms with Crippen LogP contribution in [0.25, 0.3) is 11.1 Å². The first kappa shape index (κ1) is 29.1. The maximum absolute atomic E-state index is 13.2. The number of halogens is 3. The monoisotopic (exact) mass is 559 g/mol. The number of alkyl halides is 3. The molecule has 0 unspecified atom stereocenters. The van der Waals surface area contributed by atoms with E-state index in [1.165, 1.54) is 19.1 Å². The molecule has 4 aromatic rings. The Morgan fingerprint density at radius 3 is 2.12 bits per heavy atom. The highest BCUT2D eigenvalue weighted by Crippen LogP contribution is 2.32. The number of hydrogen-bond donors (Lipinski definition) is 3. The fourth-order valence-electron chi connectivity index (χ4n) is 4.38. The van der Waals surface area contributed by atoms with Crippen LogP contribution in [-0.2, 0) is 22.3 Å². The summed E-state index contributed by atoms with van der Waals surface area (Å²) >= 11 is 0. The van der Waals surface area contributed by atoms with E-state index in [1.807, 2.05) is 19.1 Å². The minimum Gasteiger partial charge on any atom is -0.350 e. The predicted molar refractivity (Wildman–Crippen MR) is 151 cm³/mol. The quantitative estimate of drug-likeness (QED) is 0.233. The Labute approximate surface area is 235 Å². The second-order valence-corrected chi connectivity index (χ2v) is 9.49. The third kappa shape index (κ3) is 7.39. The molecule has 4 rings (SSSR count). The Morgan fingerprint density at radius 2 is 1.49 bits per heavy atom. The molecule has 0 bridgehead atoms. The first-order valence-electron chi connectivity index (χ1n) is 12.8. The normalized spacial score (nSPS) is 11.8. The third-order valence-electron chi connectivity index (χ3n) is 6.44. The summed E-state index contributed by atoms with van der Waals surface area (Å²) in [6.45, 7) is 3.36. The summed E-state index contributed by atoms with van der Waals surface area (Å²) < 4.78 is 38.9. The topological polar surface area (TPSA) is 87.3 Å². The van der Waals surface area contributed by atoms with Crippen LogP contribution in [0.1, 0.15) is 45.6 Å². The highest BCUT2D eigenvalue weighted by molar-refractivity contribution is 6.09. The van der Waals surface area contributed by atoms with Crippen LogP contribution in [0.2, 0.25) is 0 Å². The maximum atomic E-state index is 13.2. The van der Waals surface area contributed by atoms with Gasteiger partial charge >= 0.3 is 6.18 Å². The van der Waals surface area contributed by atoms with E-state index in [4.69, 9.17) is 0 Å². The summed E-state index contributed by atoms with van der Waals surface area (Å²) in [7, 11) is 0. The molecule has 0 aliphatic rings. The number of carbonyl (C=O) groups is 3. The highest BCUT2D eigenvalue weighted by Gasteiger charge is 2.30. The van der Waals surface area contributed by atoms with Crippen LogP contribution in [0, 0.1) is 6.92 Å². The molecular weight excluding hydrogens is 531 g/mol. The summed E-state index contributed by atoms with van der Waals surface area (Å²) in [6, 6.07) is 24.8. The van der Waals surface area contributed by atoms with E-state index in [1.54, 1.807) is 60.7 Å². The average Bonchev–Trinajstić information content (AvgIpc) is 2.96. The Balaban J connectivity index is 1.45. The summed E-state index contributed by atoms with van der Waals surface area (Å²) in [6.07, 6.45) is -4.45. The smallest absolute Gasteiger partial charge is 0.350 e. The number of amides is 3. The molecule has 41 heavy (non-hydrogen) atoms. The molecule has 3 N–H and O–H groups in total. The highest BCUT2D eigenvalue weighted by atomic mass is 19.4. The number of nitrogens with one attached hydrogen (secondary N) is 3. The van der Waals surface area contributed by atoms with Crippen molar-refractivity contribution < 1.29 is 27.6 Å². The summed E-state index contributed by atoms with van der Waals surface area (Å²) in [5, 5.41) is 8.38. The van der Waals surface area contributed by atoms with E-state index in [0.29, 0.717) is 27.9 Å². The van der Waals surface area contributed by atoms with Gasteiger partial charge in [-0.1, -0.05) is 72.8 Å². The molecule has 0 heterocycles. The molecule has 0 spiro atoms. The van der Waals surface area contributed by atoms with Crippen LogP contribution in [-0.4, -0.2) is 17.7 Å². The fraction of sp³-hybridized carbons (Fsp3) is 0.156. The molecule has 0 saturated heterocycles. The van der Waals surface area contributed by atoms with Gasteiger partial charge in [-0.05, 0) is 59.0 Å². The van der Waals surface area contributed by atoms with Gasteiger partial charge in [-0.25, -0.2) is 0 Å². The van der Waals surface area contributed by atoms with Crippen molar-refractivity contribution in [3.05, 3.63) is 125 Å². The Morgan fingerprint density at radius 1 is 0.829 bits per heavy atom. The van der Waals surface area contributed by atoms with Gasteiger partial charge in [-0.3, -0.25) is 14.4 Å². The number of hydrogen-bond acceptors (Lipinski definition) is 3. The number of carbonyl (C=O) groups excluding carboxylic acids is 3. The average molecular weight is 560 g/mol. The molecule has 0 radical (unpaired) electrons. The predicted octanol–water partition coefficient (Wildman–Crippen LogP) is 6.43. The molecule has 1 atom stereocenters. The first-order chi connectivity index (χ1) is 19.5. The lowest BCUT2D eigenvalue weighted by Crippen LogP contribution is -2.39. The van der Waals surface area contributed by atoms with Crippen molar-refractivity contribution in [2.75, 3.05) is 5.32 Å². The second-order valence-electron chi connectivity index (χ2n) is 9.49. The van der Waals surface area contributed by atoms with Crippen LogP contribution in [0.4, 0.5) is 18.9 Å². The van der Waals surface area contributed by atoms with E-state index in [9.17, 15) is 27.6 Å². The SMILES string of the molecule is CC(=O)N[C@H](C(=O)NCc1ccc(NC(=O)c2ccccc2-c2ccc(C(F)(F)F)cc2)c(C)c1)c1ccccc1. The molecule has 0 aliphatic heterocycles. The number of anilines is 1. The minimum atomic E-state index is -4.45. The number of benzene rings is 4. The van der Waals surface area contributed by atoms with Crippen LogP contribution < -0.4 is 16.0 Å². The fourth-order valence-corrected chi connectivity index (χ4v) is 4.38. The van der Waals surface area contributed by atoms with E-state index < -0.39 is 23.7 Å². The lowest BCUT2D eigenvalue weighted by atomic mass is 9.98. The Kier molecular flexibility index (Phi) is 8.87. The largest absolute Gasteiger partial charge is 0.416 e. The maximum Gasteiger partial charge on any atom is 0.416 e. The standard InChI is InChI=1S/C32H28F3N3O3/c1-20-18-22(19-36-31(41)29(37-21(2)39)24-8-4-3-5-9-24)12-17-28(20)38-30(40)27-11-7-6-10-26(27)23-13-15-25(16-14-23)32(33,34)35/h3-18,29H,19H2,1-2H3,(H,36,41)(H,37,39)(H,38,40)/t29-/m0/s1. The van der Waals surface area contributed by atoms with Crippen molar-refractivity contribution in [3.8, 4) is 11.1 Å². The summed E-state index contributed by atoms with van der Waals surface area (Å²) in [5.41, 5.74) is 3.28. The molecule has 0 saturated carbocycles. The van der Waals surface area contributed by atoms with Gasteiger partial charge in [0.15, 0.2) is 0 Å². The van der Waals surface area contributed by atoms with Crippen molar-refractivity contribution in [1.29, 1.82) is 0 Å². The molecular formula is C32H28F3N3O3. The minimum absolute atomic E-state index is 0.202. The summed E-state index contributed by atoms with van der Waals surface area (Å²) in [5.74, 6) is -1.10. The lowest BCUT2D eigenvalue weighted by Gasteiger charge is -2.18. The number of aryl methyl sites for hydroxylation is 1. The molecule has 210 valence electrons. The first-order valence-corrected chi connectivity index (χ1v) is 12.8. The Hall–Kier alpha value is -4.92. The number of rotatable bonds is 8. The van der Waals surface area contributed by atoms with Crippen LogP contribution in [0.5, 0.6) is 0 Å². The molecule has 4 aromatic carbocycles.